The summed E-state index contributed by atoms with van der Waals surface area (Å²) in [6, 6.07) is 9.42. The number of carbonyl (C=O) groups is 1. The largest absolute Gasteiger partial charge is 0.294 e. The van der Waals surface area contributed by atoms with Gasteiger partial charge in [-0.2, -0.15) is 0 Å². The van der Waals surface area contributed by atoms with Gasteiger partial charge in [0.15, 0.2) is 5.78 Å². The summed E-state index contributed by atoms with van der Waals surface area (Å²) in [6.45, 7) is 0. The van der Waals surface area contributed by atoms with E-state index >= 15 is 0 Å². The van der Waals surface area contributed by atoms with Gasteiger partial charge < -0.3 is 0 Å². The molecule has 0 atom stereocenters. The maximum Gasteiger partial charge on any atom is 0.164 e. The summed E-state index contributed by atoms with van der Waals surface area (Å²) < 4.78 is 0.382. The Morgan fingerprint density at radius 3 is 2.33 bits per heavy atom. The monoisotopic (exact) mass is 386 g/mol. The van der Waals surface area contributed by atoms with E-state index in [0.29, 0.717) is 8.35 Å². The van der Waals surface area contributed by atoms with Crippen LogP contribution in [0.4, 0.5) is 0 Å². The van der Waals surface area contributed by atoms with Crippen molar-refractivity contribution in [2.75, 3.05) is 0 Å². The third-order valence-electron chi connectivity index (χ3n) is 1.44. The molecule has 0 spiro atoms. The minimum atomic E-state index is 0.226. The first-order chi connectivity index (χ1) is 5.70. The van der Waals surface area contributed by atoms with Gasteiger partial charge in [-0.05, 0) is 0 Å². The SMILES string of the molecule is O=C(CC(I)I)c1ccccc1. The first kappa shape index (κ1) is 10.4. The Balaban J connectivity index is 2.66. The van der Waals surface area contributed by atoms with Gasteiger partial charge in [0.1, 0.15) is 0 Å². The van der Waals surface area contributed by atoms with Crippen LogP contribution in [0.3, 0.4) is 0 Å². The van der Waals surface area contributed by atoms with E-state index in [1.54, 1.807) is 0 Å². The van der Waals surface area contributed by atoms with Crippen LogP contribution in [0.1, 0.15) is 16.8 Å². The molecule has 12 heavy (non-hydrogen) atoms. The van der Waals surface area contributed by atoms with E-state index < -0.39 is 0 Å². The van der Waals surface area contributed by atoms with Gasteiger partial charge in [0.05, 0.1) is 1.93 Å². The summed E-state index contributed by atoms with van der Waals surface area (Å²) in [4.78, 5) is 11.4. The van der Waals surface area contributed by atoms with Crippen molar-refractivity contribution in [3.05, 3.63) is 35.9 Å². The smallest absolute Gasteiger partial charge is 0.164 e. The molecule has 0 aliphatic heterocycles. The van der Waals surface area contributed by atoms with Gasteiger partial charge in [-0.3, -0.25) is 4.79 Å². The van der Waals surface area contributed by atoms with E-state index in [0.717, 1.165) is 5.56 Å². The average Bonchev–Trinajstić information content (AvgIpc) is 2.05. The molecule has 0 aromatic heterocycles. The van der Waals surface area contributed by atoms with Gasteiger partial charge in [-0.25, -0.2) is 0 Å². The summed E-state index contributed by atoms with van der Waals surface area (Å²) >= 11 is 4.50. The van der Waals surface area contributed by atoms with Gasteiger partial charge in [-0.1, -0.05) is 75.5 Å². The molecular formula is C9H8I2O. The topological polar surface area (TPSA) is 17.1 Å². The molecule has 0 radical (unpaired) electrons. The molecule has 0 unspecified atom stereocenters. The molecule has 3 heteroatoms. The van der Waals surface area contributed by atoms with Gasteiger partial charge in [0.25, 0.3) is 0 Å². The van der Waals surface area contributed by atoms with Crippen molar-refractivity contribution < 1.29 is 4.79 Å². The number of ketones is 1. The lowest BCUT2D eigenvalue weighted by Gasteiger charge is -2.00. The Kier molecular flexibility index (Phi) is 4.49. The molecule has 1 aromatic carbocycles. The second-order valence-corrected chi connectivity index (χ2v) is 7.78. The molecule has 0 heterocycles. The first-order valence-corrected chi connectivity index (χ1v) is 6.05. The molecular weight excluding hydrogens is 378 g/mol. The molecule has 1 aromatic rings. The fourth-order valence-corrected chi connectivity index (χ4v) is 1.68. The minimum Gasteiger partial charge on any atom is -0.294 e. The minimum absolute atomic E-state index is 0.226. The second-order valence-electron chi connectivity index (χ2n) is 2.38. The Hall–Kier alpha value is 0.350. The maximum absolute atomic E-state index is 11.4. The molecule has 0 fully saturated rings. The maximum atomic E-state index is 11.4. The number of alkyl halides is 2. The van der Waals surface area contributed by atoms with Crippen LogP contribution in [0, 0.1) is 0 Å². The Morgan fingerprint density at radius 1 is 1.25 bits per heavy atom. The predicted molar refractivity (Wildman–Crippen MR) is 67.2 cm³/mol. The van der Waals surface area contributed by atoms with E-state index in [-0.39, 0.29) is 5.78 Å². The highest BCUT2D eigenvalue weighted by atomic mass is 127. The van der Waals surface area contributed by atoms with Crippen LogP contribution in [-0.4, -0.2) is 7.71 Å². The molecule has 0 saturated heterocycles. The fourth-order valence-electron chi connectivity index (χ4n) is 0.882. The molecule has 64 valence electrons. The van der Waals surface area contributed by atoms with Gasteiger partial charge in [0.2, 0.25) is 0 Å². The second kappa shape index (κ2) is 5.16. The lowest BCUT2D eigenvalue weighted by Crippen LogP contribution is -2.02. The third-order valence-corrected chi connectivity index (χ3v) is 2.32. The van der Waals surface area contributed by atoms with Crippen molar-refractivity contribution in [3.63, 3.8) is 0 Å². The van der Waals surface area contributed by atoms with E-state index in [9.17, 15) is 4.79 Å². The molecule has 1 rings (SSSR count). The highest BCUT2D eigenvalue weighted by molar-refractivity contribution is 14.2. The molecule has 0 amide bonds. The van der Waals surface area contributed by atoms with Crippen LogP contribution < -0.4 is 0 Å². The molecule has 0 saturated carbocycles. The van der Waals surface area contributed by atoms with Gasteiger partial charge in [0, 0.05) is 12.0 Å². The fraction of sp³-hybridized carbons (Fsp3) is 0.222. The van der Waals surface area contributed by atoms with Crippen molar-refractivity contribution in [1.29, 1.82) is 0 Å². The summed E-state index contributed by atoms with van der Waals surface area (Å²) in [5, 5.41) is 0. The standard InChI is InChI=1S/C9H8I2O/c10-9(11)6-8(12)7-4-2-1-3-5-7/h1-5,9H,6H2. The summed E-state index contributed by atoms with van der Waals surface area (Å²) in [7, 11) is 0. The average molecular weight is 386 g/mol. The van der Waals surface area contributed by atoms with Crippen molar-refractivity contribution >= 4 is 51.0 Å². The first-order valence-electron chi connectivity index (χ1n) is 3.56. The number of benzene rings is 1. The van der Waals surface area contributed by atoms with E-state index in [4.69, 9.17) is 0 Å². The predicted octanol–water partition coefficient (Wildman–Crippen LogP) is 3.46. The highest BCUT2D eigenvalue weighted by Crippen LogP contribution is 2.17. The quantitative estimate of drug-likeness (QED) is 0.442. The number of halogens is 2. The zero-order valence-electron chi connectivity index (χ0n) is 6.34. The number of hydrogen-bond acceptors (Lipinski definition) is 1. The summed E-state index contributed by atoms with van der Waals surface area (Å²) in [5.74, 6) is 0.226. The Morgan fingerprint density at radius 2 is 1.83 bits per heavy atom. The van der Waals surface area contributed by atoms with Crippen LogP contribution in [0.15, 0.2) is 30.3 Å². The Labute approximate surface area is 99.2 Å². The van der Waals surface area contributed by atoms with E-state index in [1.807, 2.05) is 30.3 Å². The lowest BCUT2D eigenvalue weighted by atomic mass is 10.1. The van der Waals surface area contributed by atoms with Crippen LogP contribution in [0.5, 0.6) is 0 Å². The molecule has 0 aliphatic carbocycles. The zero-order valence-corrected chi connectivity index (χ0v) is 10.7. The van der Waals surface area contributed by atoms with Crippen molar-refractivity contribution in [2.45, 2.75) is 8.35 Å². The van der Waals surface area contributed by atoms with Gasteiger partial charge in [-0.15, -0.1) is 0 Å². The Bertz CT molecular complexity index is 256. The summed E-state index contributed by atoms with van der Waals surface area (Å²) in [5.41, 5.74) is 0.816. The number of Topliss-reactive ketones (excluding diaryl/α,β-unsaturated/α-hetero) is 1. The third kappa shape index (κ3) is 3.38. The molecule has 0 aliphatic rings. The van der Waals surface area contributed by atoms with Gasteiger partial charge >= 0.3 is 0 Å². The zero-order chi connectivity index (χ0) is 8.97. The molecule has 1 nitrogen and oxygen atoms in total. The molecule has 0 bridgehead atoms. The van der Waals surface area contributed by atoms with Crippen LogP contribution >= 0.6 is 45.2 Å². The van der Waals surface area contributed by atoms with Crippen LogP contribution in [0.2, 0.25) is 0 Å². The number of rotatable bonds is 3. The van der Waals surface area contributed by atoms with Crippen LogP contribution in [0.25, 0.3) is 0 Å². The highest BCUT2D eigenvalue weighted by Gasteiger charge is 2.08. The lowest BCUT2D eigenvalue weighted by molar-refractivity contribution is 0.0989. The van der Waals surface area contributed by atoms with Crippen molar-refractivity contribution in [1.82, 2.24) is 0 Å². The van der Waals surface area contributed by atoms with Crippen LogP contribution in [-0.2, 0) is 0 Å². The number of hydrogen-bond donors (Lipinski definition) is 0. The van der Waals surface area contributed by atoms with E-state index in [1.165, 1.54) is 0 Å². The van der Waals surface area contributed by atoms with E-state index in [2.05, 4.69) is 45.2 Å². The van der Waals surface area contributed by atoms with Crippen molar-refractivity contribution in [3.8, 4) is 0 Å². The summed E-state index contributed by atoms with van der Waals surface area (Å²) in [6.07, 6.45) is 0.616. The van der Waals surface area contributed by atoms with Crippen molar-refractivity contribution in [2.24, 2.45) is 0 Å². The number of carbonyl (C=O) groups excluding carboxylic acids is 1. The normalized spacial score (nSPS) is 10.2. The molecule has 0 N–H and O–H groups in total.